The second-order valence-electron chi connectivity index (χ2n) is 7.48. The molecule has 0 aromatic rings. The molecule has 0 radical (unpaired) electrons. The smallest absolute Gasteiger partial charge is 0.187 e. The third-order valence-electron chi connectivity index (χ3n) is 5.32. The maximum absolute atomic E-state index is 9.84. The van der Waals surface area contributed by atoms with Gasteiger partial charge >= 0.3 is 0 Å². The van der Waals surface area contributed by atoms with Crippen molar-refractivity contribution < 1.29 is 0 Å². The first kappa shape index (κ1) is 18.1. The summed E-state index contributed by atoms with van der Waals surface area (Å²) >= 11 is 0. The quantitative estimate of drug-likeness (QED) is 0.860. The van der Waals surface area contributed by atoms with Gasteiger partial charge in [-0.1, -0.05) is 19.9 Å². The summed E-state index contributed by atoms with van der Waals surface area (Å²) in [6.07, 6.45) is 2.79. The van der Waals surface area contributed by atoms with Gasteiger partial charge in [-0.15, -0.1) is 0 Å². The minimum atomic E-state index is -1.42. The van der Waals surface area contributed by atoms with Gasteiger partial charge in [0, 0.05) is 31.0 Å². The van der Waals surface area contributed by atoms with E-state index in [2.05, 4.69) is 56.9 Å². The number of allylic oxidation sites excluding steroid dienone is 2. The Bertz CT molecular complexity index is 679. The van der Waals surface area contributed by atoms with Crippen LogP contribution in [0.1, 0.15) is 34.1 Å². The summed E-state index contributed by atoms with van der Waals surface area (Å²) in [7, 11) is 0. The molecule has 2 N–H and O–H groups in total. The number of fused-ring (bicyclic) bond motifs is 1. The van der Waals surface area contributed by atoms with E-state index >= 15 is 0 Å². The summed E-state index contributed by atoms with van der Waals surface area (Å²) in [6, 6.07) is 6.88. The molecule has 0 fully saturated rings. The van der Waals surface area contributed by atoms with Crippen molar-refractivity contribution >= 4 is 0 Å². The monoisotopic (exact) mass is 323 g/mol. The molecule has 0 saturated carbocycles. The molecule has 0 bridgehead atoms. The molecule has 24 heavy (non-hydrogen) atoms. The van der Waals surface area contributed by atoms with E-state index in [0.29, 0.717) is 17.5 Å². The molecule has 1 aliphatic heterocycles. The molecule has 126 valence electrons. The third-order valence-corrected chi connectivity index (χ3v) is 5.32. The SMILES string of the molecule is CC(C)C[C@@H]1[C@H]2CN(C(C)C)CC=C2C(C#N)=C(N)C1(C#N)C#N. The van der Waals surface area contributed by atoms with E-state index in [1.807, 2.05) is 0 Å². The first-order valence-electron chi connectivity index (χ1n) is 8.49. The molecule has 5 nitrogen and oxygen atoms in total. The molecule has 0 amide bonds. The highest BCUT2D eigenvalue weighted by molar-refractivity contribution is 5.56. The third kappa shape index (κ3) is 2.68. The van der Waals surface area contributed by atoms with Crippen LogP contribution in [0.15, 0.2) is 22.9 Å². The summed E-state index contributed by atoms with van der Waals surface area (Å²) in [5.41, 5.74) is 6.20. The Morgan fingerprint density at radius 2 is 1.88 bits per heavy atom. The van der Waals surface area contributed by atoms with Crippen LogP contribution in [0.5, 0.6) is 0 Å². The average molecular weight is 323 g/mol. The van der Waals surface area contributed by atoms with Gasteiger partial charge in [-0.25, -0.2) is 0 Å². The van der Waals surface area contributed by atoms with Crippen LogP contribution in [-0.2, 0) is 0 Å². The van der Waals surface area contributed by atoms with Gasteiger partial charge in [0.1, 0.15) is 6.07 Å². The first-order chi connectivity index (χ1) is 11.3. The minimum Gasteiger partial charge on any atom is -0.399 e. The fourth-order valence-electron chi connectivity index (χ4n) is 3.98. The Morgan fingerprint density at radius 3 is 2.33 bits per heavy atom. The summed E-state index contributed by atoms with van der Waals surface area (Å²) in [5, 5.41) is 29.3. The van der Waals surface area contributed by atoms with Gasteiger partial charge in [0.05, 0.1) is 23.4 Å². The molecule has 2 atom stereocenters. The standard InChI is InChI=1S/C19H25N5/c1-12(2)7-17-16-9-24(13(3)4)6-5-14(16)15(8-20)18(23)19(17,10-21)11-22/h5,12-13,16-17H,6-7,9,23H2,1-4H3/t16-,17+/m0/s1. The second kappa shape index (κ2) is 6.68. The number of hydrogen-bond acceptors (Lipinski definition) is 5. The Balaban J connectivity index is 2.67. The van der Waals surface area contributed by atoms with Crippen molar-refractivity contribution in [2.45, 2.75) is 40.2 Å². The highest BCUT2D eigenvalue weighted by Gasteiger charge is 2.53. The van der Waals surface area contributed by atoms with Crippen molar-refractivity contribution in [1.29, 1.82) is 15.8 Å². The maximum Gasteiger partial charge on any atom is 0.187 e. The first-order valence-corrected chi connectivity index (χ1v) is 8.49. The number of nitriles is 3. The van der Waals surface area contributed by atoms with Crippen LogP contribution in [0.2, 0.25) is 0 Å². The predicted molar refractivity (Wildman–Crippen MR) is 91.7 cm³/mol. The zero-order valence-electron chi connectivity index (χ0n) is 14.9. The fourth-order valence-corrected chi connectivity index (χ4v) is 3.98. The zero-order valence-corrected chi connectivity index (χ0v) is 14.9. The molecule has 2 rings (SSSR count). The van der Waals surface area contributed by atoms with Crippen molar-refractivity contribution in [1.82, 2.24) is 4.90 Å². The summed E-state index contributed by atoms with van der Waals surface area (Å²) in [4.78, 5) is 2.32. The van der Waals surface area contributed by atoms with Gasteiger partial charge in [-0.2, -0.15) is 15.8 Å². The van der Waals surface area contributed by atoms with Crippen molar-refractivity contribution in [3.05, 3.63) is 22.9 Å². The van der Waals surface area contributed by atoms with Crippen LogP contribution in [0, 0.1) is 57.2 Å². The highest BCUT2D eigenvalue weighted by Crippen LogP contribution is 2.51. The molecule has 0 spiro atoms. The molecular formula is C19H25N5. The van der Waals surface area contributed by atoms with Crippen LogP contribution in [0.3, 0.4) is 0 Å². The largest absolute Gasteiger partial charge is 0.399 e. The Hall–Kier alpha value is -2.29. The van der Waals surface area contributed by atoms with Gasteiger partial charge < -0.3 is 5.73 Å². The lowest BCUT2D eigenvalue weighted by molar-refractivity contribution is 0.130. The maximum atomic E-state index is 9.84. The van der Waals surface area contributed by atoms with Crippen LogP contribution < -0.4 is 5.73 Å². The zero-order chi connectivity index (χ0) is 18.1. The van der Waals surface area contributed by atoms with Gasteiger partial charge in [0.15, 0.2) is 5.41 Å². The van der Waals surface area contributed by atoms with Gasteiger partial charge in [-0.05, 0) is 31.8 Å². The van der Waals surface area contributed by atoms with Crippen molar-refractivity contribution in [2.24, 2.45) is 28.9 Å². The predicted octanol–water partition coefficient (Wildman–Crippen LogP) is 2.70. The average Bonchev–Trinajstić information content (AvgIpc) is 2.55. The Labute approximate surface area is 144 Å². The van der Waals surface area contributed by atoms with Crippen LogP contribution in [0.4, 0.5) is 0 Å². The molecule has 0 aromatic heterocycles. The molecule has 0 unspecified atom stereocenters. The van der Waals surface area contributed by atoms with Crippen molar-refractivity contribution in [3.8, 4) is 18.2 Å². The molecule has 1 aliphatic carbocycles. The second-order valence-corrected chi connectivity index (χ2v) is 7.48. The van der Waals surface area contributed by atoms with E-state index in [-0.39, 0.29) is 17.5 Å². The minimum absolute atomic E-state index is 0.00944. The van der Waals surface area contributed by atoms with Crippen molar-refractivity contribution in [2.75, 3.05) is 13.1 Å². The van der Waals surface area contributed by atoms with Gasteiger partial charge in [-0.3, -0.25) is 4.90 Å². The molecule has 0 aromatic carbocycles. The van der Waals surface area contributed by atoms with E-state index in [1.54, 1.807) is 0 Å². The van der Waals surface area contributed by atoms with E-state index < -0.39 is 5.41 Å². The number of nitrogens with two attached hydrogens (primary N) is 1. The summed E-state index contributed by atoms with van der Waals surface area (Å²) in [6.45, 7) is 9.97. The molecular weight excluding hydrogens is 298 g/mol. The molecule has 1 heterocycles. The number of nitrogens with zero attached hydrogens (tertiary/aromatic N) is 4. The number of rotatable bonds is 3. The lowest BCUT2D eigenvalue weighted by atomic mass is 9.58. The molecule has 5 heteroatoms. The highest BCUT2D eigenvalue weighted by atomic mass is 15.2. The lowest BCUT2D eigenvalue weighted by Gasteiger charge is -2.46. The van der Waals surface area contributed by atoms with E-state index in [1.165, 1.54) is 0 Å². The van der Waals surface area contributed by atoms with E-state index in [0.717, 1.165) is 25.1 Å². The normalized spacial score (nSPS) is 26.4. The van der Waals surface area contributed by atoms with Gasteiger partial charge in [0.2, 0.25) is 0 Å². The van der Waals surface area contributed by atoms with Gasteiger partial charge in [0.25, 0.3) is 0 Å². The number of hydrogen-bond donors (Lipinski definition) is 1. The van der Waals surface area contributed by atoms with Crippen LogP contribution >= 0.6 is 0 Å². The summed E-state index contributed by atoms with van der Waals surface area (Å²) in [5.74, 6) is 0.130. The topological polar surface area (TPSA) is 101 Å². The van der Waals surface area contributed by atoms with Crippen molar-refractivity contribution in [3.63, 3.8) is 0 Å². The summed E-state index contributed by atoms with van der Waals surface area (Å²) < 4.78 is 0. The van der Waals surface area contributed by atoms with E-state index in [4.69, 9.17) is 5.73 Å². The van der Waals surface area contributed by atoms with Crippen LogP contribution in [0.25, 0.3) is 0 Å². The van der Waals surface area contributed by atoms with E-state index in [9.17, 15) is 15.8 Å². The lowest BCUT2D eigenvalue weighted by Crippen LogP contribution is -2.50. The molecule has 2 aliphatic rings. The fraction of sp³-hybridized carbons (Fsp3) is 0.632. The molecule has 0 saturated heterocycles. The van der Waals surface area contributed by atoms with Crippen LogP contribution in [-0.4, -0.2) is 24.0 Å². The Morgan fingerprint density at radius 1 is 1.25 bits per heavy atom. The Kier molecular flexibility index (Phi) is 5.02.